The summed E-state index contributed by atoms with van der Waals surface area (Å²) in [4.78, 5) is 19.5. The van der Waals surface area contributed by atoms with Gasteiger partial charge < -0.3 is 14.6 Å². The van der Waals surface area contributed by atoms with E-state index >= 15 is 0 Å². The lowest BCUT2D eigenvalue weighted by Gasteiger charge is -2.14. The lowest BCUT2D eigenvalue weighted by atomic mass is 10.1. The van der Waals surface area contributed by atoms with Crippen LogP contribution >= 0.6 is 0 Å². The van der Waals surface area contributed by atoms with Crippen molar-refractivity contribution in [2.75, 3.05) is 26.2 Å². The predicted octanol–water partition coefficient (Wildman–Crippen LogP) is 3.84. The molecular formula is C25H29N3O4S. The van der Waals surface area contributed by atoms with E-state index in [1.807, 2.05) is 0 Å². The number of amides is 1. The molecule has 1 N–H and O–H groups in total. The Morgan fingerprint density at radius 3 is 2.45 bits per heavy atom. The summed E-state index contributed by atoms with van der Waals surface area (Å²) in [6.45, 7) is 5.70. The maximum atomic E-state index is 12.7. The van der Waals surface area contributed by atoms with Crippen LogP contribution in [0.25, 0.3) is 11.5 Å². The van der Waals surface area contributed by atoms with Crippen molar-refractivity contribution >= 4 is 15.7 Å². The third-order valence-electron chi connectivity index (χ3n) is 5.85. The van der Waals surface area contributed by atoms with Gasteiger partial charge in [-0.15, -0.1) is 0 Å². The standard InChI is InChI=1S/C25H29N3O4S/c1-19-23(18-33(30,31)22-8-3-2-4-9-22)27-25(32-19)21-12-10-20(11-13-21)24(29)26-14-7-17-28-15-5-6-16-28/h2-4,8-13H,5-7,14-18H2,1H3,(H,26,29). The molecule has 0 saturated carbocycles. The van der Waals surface area contributed by atoms with Crippen LogP contribution in [0.3, 0.4) is 0 Å². The maximum absolute atomic E-state index is 12.7. The molecule has 4 rings (SSSR count). The average Bonchev–Trinajstić information content (AvgIpc) is 3.47. The second kappa shape index (κ2) is 10.3. The van der Waals surface area contributed by atoms with Gasteiger partial charge in [0.1, 0.15) is 11.5 Å². The summed E-state index contributed by atoms with van der Waals surface area (Å²) in [5, 5.41) is 2.97. The van der Waals surface area contributed by atoms with Gasteiger partial charge in [-0.2, -0.15) is 0 Å². The molecule has 0 aliphatic carbocycles. The van der Waals surface area contributed by atoms with Crippen LogP contribution in [0.15, 0.2) is 63.9 Å². The Morgan fingerprint density at radius 1 is 1.06 bits per heavy atom. The van der Waals surface area contributed by atoms with E-state index in [1.165, 1.54) is 12.8 Å². The van der Waals surface area contributed by atoms with Crippen molar-refractivity contribution in [1.82, 2.24) is 15.2 Å². The van der Waals surface area contributed by atoms with E-state index < -0.39 is 9.84 Å². The summed E-state index contributed by atoms with van der Waals surface area (Å²) >= 11 is 0. The molecule has 7 nitrogen and oxygen atoms in total. The van der Waals surface area contributed by atoms with Crippen molar-refractivity contribution in [3.8, 4) is 11.5 Å². The van der Waals surface area contributed by atoms with E-state index in [9.17, 15) is 13.2 Å². The van der Waals surface area contributed by atoms with Gasteiger partial charge in [0.2, 0.25) is 5.89 Å². The Kier molecular flexibility index (Phi) is 7.25. The highest BCUT2D eigenvalue weighted by Gasteiger charge is 2.21. The van der Waals surface area contributed by atoms with Gasteiger partial charge in [-0.25, -0.2) is 13.4 Å². The lowest BCUT2D eigenvalue weighted by Crippen LogP contribution is -2.28. The van der Waals surface area contributed by atoms with Crippen LogP contribution in [0.1, 0.15) is 41.1 Å². The minimum absolute atomic E-state index is 0.110. The Morgan fingerprint density at radius 2 is 1.76 bits per heavy atom. The summed E-state index contributed by atoms with van der Waals surface area (Å²) in [5.41, 5.74) is 1.63. The molecule has 8 heteroatoms. The molecule has 1 saturated heterocycles. The number of nitrogens with one attached hydrogen (secondary N) is 1. The smallest absolute Gasteiger partial charge is 0.251 e. The molecule has 0 radical (unpaired) electrons. The molecule has 0 bridgehead atoms. The molecule has 33 heavy (non-hydrogen) atoms. The van der Waals surface area contributed by atoms with Crippen LogP contribution in [0.4, 0.5) is 0 Å². The second-order valence-electron chi connectivity index (χ2n) is 8.33. The van der Waals surface area contributed by atoms with Crippen LogP contribution in [0.2, 0.25) is 0 Å². The monoisotopic (exact) mass is 467 g/mol. The molecule has 3 aromatic rings. The summed E-state index contributed by atoms with van der Waals surface area (Å²) in [7, 11) is -3.52. The topological polar surface area (TPSA) is 92.5 Å². The van der Waals surface area contributed by atoms with Crippen molar-refractivity contribution < 1.29 is 17.6 Å². The lowest BCUT2D eigenvalue weighted by molar-refractivity contribution is 0.0952. The van der Waals surface area contributed by atoms with E-state index in [0.29, 0.717) is 35.0 Å². The van der Waals surface area contributed by atoms with E-state index in [-0.39, 0.29) is 16.6 Å². The number of nitrogens with zero attached hydrogens (tertiary/aromatic N) is 2. The summed E-state index contributed by atoms with van der Waals surface area (Å²) in [6, 6.07) is 15.3. The van der Waals surface area contributed by atoms with Gasteiger partial charge in [0.05, 0.1) is 10.6 Å². The largest absolute Gasteiger partial charge is 0.441 e. The van der Waals surface area contributed by atoms with Crippen LogP contribution in [-0.4, -0.2) is 50.4 Å². The van der Waals surface area contributed by atoms with Gasteiger partial charge in [0.15, 0.2) is 9.84 Å². The van der Waals surface area contributed by atoms with E-state index in [1.54, 1.807) is 61.5 Å². The first kappa shape index (κ1) is 23.2. The molecule has 1 aromatic heterocycles. The van der Waals surface area contributed by atoms with Gasteiger partial charge in [0, 0.05) is 17.7 Å². The fraction of sp³-hybridized carbons (Fsp3) is 0.360. The predicted molar refractivity (Wildman–Crippen MR) is 127 cm³/mol. The molecule has 174 valence electrons. The van der Waals surface area contributed by atoms with Crippen molar-refractivity contribution in [2.24, 2.45) is 0 Å². The number of hydrogen-bond acceptors (Lipinski definition) is 6. The van der Waals surface area contributed by atoms with E-state index in [2.05, 4.69) is 15.2 Å². The number of rotatable bonds is 9. The Labute approximate surface area is 194 Å². The van der Waals surface area contributed by atoms with Gasteiger partial charge in [0.25, 0.3) is 5.91 Å². The van der Waals surface area contributed by atoms with Gasteiger partial charge in [-0.1, -0.05) is 18.2 Å². The number of carbonyl (C=O) groups excluding carboxylic acids is 1. The zero-order chi connectivity index (χ0) is 23.3. The third-order valence-corrected chi connectivity index (χ3v) is 7.49. The highest BCUT2D eigenvalue weighted by molar-refractivity contribution is 7.90. The second-order valence-corrected chi connectivity index (χ2v) is 10.3. The maximum Gasteiger partial charge on any atom is 0.251 e. The van der Waals surface area contributed by atoms with Crippen LogP contribution in [0, 0.1) is 6.92 Å². The Hall–Kier alpha value is -2.97. The number of benzene rings is 2. The Bertz CT molecular complexity index is 1180. The highest BCUT2D eigenvalue weighted by Crippen LogP contribution is 2.25. The Balaban J connectivity index is 1.36. The minimum Gasteiger partial charge on any atom is -0.441 e. The van der Waals surface area contributed by atoms with Crippen LogP contribution in [-0.2, 0) is 15.6 Å². The number of likely N-dealkylation sites (tertiary alicyclic amines) is 1. The molecule has 2 aromatic carbocycles. The molecule has 0 unspecified atom stereocenters. The first-order chi connectivity index (χ1) is 15.9. The molecule has 0 atom stereocenters. The number of oxazole rings is 1. The molecular weight excluding hydrogens is 438 g/mol. The summed E-state index contributed by atoms with van der Waals surface area (Å²) < 4.78 is 31.1. The SMILES string of the molecule is Cc1oc(-c2ccc(C(=O)NCCCN3CCCC3)cc2)nc1CS(=O)(=O)c1ccccc1. The molecule has 1 aliphatic heterocycles. The van der Waals surface area contributed by atoms with Gasteiger partial charge >= 0.3 is 0 Å². The number of sulfone groups is 1. The highest BCUT2D eigenvalue weighted by atomic mass is 32.2. The number of carbonyl (C=O) groups is 1. The van der Waals surface area contributed by atoms with Crippen LogP contribution < -0.4 is 5.32 Å². The van der Waals surface area contributed by atoms with E-state index in [0.717, 1.165) is 26.1 Å². The van der Waals surface area contributed by atoms with Crippen molar-refractivity contribution in [2.45, 2.75) is 36.8 Å². The summed E-state index contributed by atoms with van der Waals surface area (Å²) in [5.74, 6) is 0.457. The molecule has 1 amide bonds. The number of aryl methyl sites for hydroxylation is 1. The quantitative estimate of drug-likeness (QED) is 0.481. The third kappa shape index (κ3) is 5.89. The molecule has 1 aliphatic rings. The minimum atomic E-state index is -3.52. The van der Waals surface area contributed by atoms with E-state index in [4.69, 9.17) is 4.42 Å². The fourth-order valence-electron chi connectivity index (χ4n) is 3.95. The normalized spacial score (nSPS) is 14.5. The van der Waals surface area contributed by atoms with Gasteiger partial charge in [-0.3, -0.25) is 4.79 Å². The molecule has 1 fully saturated rings. The molecule has 0 spiro atoms. The number of hydrogen-bond donors (Lipinski definition) is 1. The van der Waals surface area contributed by atoms with Crippen molar-refractivity contribution in [1.29, 1.82) is 0 Å². The van der Waals surface area contributed by atoms with Crippen molar-refractivity contribution in [3.05, 3.63) is 71.6 Å². The van der Waals surface area contributed by atoms with Crippen molar-refractivity contribution in [3.63, 3.8) is 0 Å². The zero-order valence-electron chi connectivity index (χ0n) is 18.8. The first-order valence-electron chi connectivity index (χ1n) is 11.3. The fourth-order valence-corrected chi connectivity index (χ4v) is 5.32. The average molecular weight is 468 g/mol. The number of aromatic nitrogens is 1. The molecule has 2 heterocycles. The van der Waals surface area contributed by atoms with Crippen LogP contribution in [0.5, 0.6) is 0 Å². The first-order valence-corrected chi connectivity index (χ1v) is 12.9. The zero-order valence-corrected chi connectivity index (χ0v) is 19.6. The summed E-state index contributed by atoms with van der Waals surface area (Å²) in [6.07, 6.45) is 3.48. The van der Waals surface area contributed by atoms with Gasteiger partial charge in [-0.05, 0) is 82.2 Å².